The van der Waals surface area contributed by atoms with Crippen molar-refractivity contribution in [3.8, 4) is 0 Å². The number of ketones is 1. The van der Waals surface area contributed by atoms with Gasteiger partial charge < -0.3 is 4.42 Å². The summed E-state index contributed by atoms with van der Waals surface area (Å²) < 4.78 is 5.06. The number of carbonyl (C=O) groups excluding carboxylic acids is 2. The van der Waals surface area contributed by atoms with Gasteiger partial charge in [0.15, 0.2) is 0 Å². The van der Waals surface area contributed by atoms with E-state index in [1.807, 2.05) is 0 Å². The predicted molar refractivity (Wildman–Crippen MR) is 70.3 cm³/mol. The number of halogens is 1. The SMILES string of the molecule is CC(=O)Cc1coc(NC(=O)c2cccc(Cl)c2)n1. The van der Waals surface area contributed by atoms with E-state index >= 15 is 0 Å². The lowest BCUT2D eigenvalue weighted by Crippen LogP contribution is -2.12. The van der Waals surface area contributed by atoms with Crippen LogP contribution in [0.5, 0.6) is 0 Å². The van der Waals surface area contributed by atoms with Crippen LogP contribution in [0.1, 0.15) is 23.0 Å². The van der Waals surface area contributed by atoms with Crippen molar-refractivity contribution in [1.29, 1.82) is 0 Å². The summed E-state index contributed by atoms with van der Waals surface area (Å²) in [6.45, 7) is 1.46. The Balaban J connectivity index is 2.06. The van der Waals surface area contributed by atoms with Gasteiger partial charge in [-0.2, -0.15) is 4.98 Å². The van der Waals surface area contributed by atoms with Gasteiger partial charge in [-0.05, 0) is 25.1 Å². The number of carbonyl (C=O) groups is 2. The predicted octanol–water partition coefficient (Wildman–Crippen LogP) is 2.71. The van der Waals surface area contributed by atoms with Crippen LogP contribution in [-0.2, 0) is 11.2 Å². The normalized spacial score (nSPS) is 10.2. The van der Waals surface area contributed by atoms with Crippen molar-refractivity contribution in [3.05, 3.63) is 46.8 Å². The highest BCUT2D eigenvalue weighted by molar-refractivity contribution is 6.31. The maximum atomic E-state index is 11.9. The van der Waals surface area contributed by atoms with Gasteiger partial charge in [0.1, 0.15) is 12.0 Å². The molecule has 1 N–H and O–H groups in total. The highest BCUT2D eigenvalue weighted by Crippen LogP contribution is 2.13. The van der Waals surface area contributed by atoms with Gasteiger partial charge in [0.25, 0.3) is 5.91 Å². The van der Waals surface area contributed by atoms with E-state index < -0.39 is 0 Å². The van der Waals surface area contributed by atoms with Gasteiger partial charge in [0.2, 0.25) is 0 Å². The molecule has 0 unspecified atom stereocenters. The van der Waals surface area contributed by atoms with Crippen LogP contribution in [0.3, 0.4) is 0 Å². The maximum Gasteiger partial charge on any atom is 0.301 e. The number of benzene rings is 1. The van der Waals surface area contributed by atoms with E-state index in [1.54, 1.807) is 18.2 Å². The molecule has 98 valence electrons. The van der Waals surface area contributed by atoms with E-state index in [0.717, 1.165) is 0 Å². The molecule has 1 aromatic heterocycles. The van der Waals surface area contributed by atoms with Crippen LogP contribution in [0.2, 0.25) is 5.02 Å². The Bertz CT molecular complexity index is 622. The van der Waals surface area contributed by atoms with E-state index in [0.29, 0.717) is 16.3 Å². The first kappa shape index (κ1) is 13.3. The zero-order chi connectivity index (χ0) is 13.8. The van der Waals surface area contributed by atoms with Crippen molar-refractivity contribution >= 4 is 29.3 Å². The minimum Gasteiger partial charge on any atom is -0.432 e. The molecule has 2 aromatic rings. The summed E-state index contributed by atoms with van der Waals surface area (Å²) in [5, 5.41) is 2.96. The standard InChI is InChI=1S/C13H11ClN2O3/c1-8(17)5-11-7-19-13(15-11)16-12(18)9-3-2-4-10(14)6-9/h2-4,6-7H,5H2,1H3,(H,15,16,18). The summed E-state index contributed by atoms with van der Waals surface area (Å²) >= 11 is 5.80. The third kappa shape index (κ3) is 3.66. The molecule has 1 amide bonds. The Hall–Kier alpha value is -2.14. The Morgan fingerprint density at radius 2 is 2.21 bits per heavy atom. The Kier molecular flexibility index (Phi) is 3.97. The van der Waals surface area contributed by atoms with Gasteiger partial charge in [-0.25, -0.2) is 0 Å². The summed E-state index contributed by atoms with van der Waals surface area (Å²) in [5.41, 5.74) is 0.882. The van der Waals surface area contributed by atoms with Crippen LogP contribution < -0.4 is 5.32 Å². The van der Waals surface area contributed by atoms with Crippen molar-refractivity contribution in [2.24, 2.45) is 0 Å². The average molecular weight is 279 g/mol. The minimum atomic E-state index is -0.376. The molecule has 6 heteroatoms. The number of amides is 1. The number of rotatable bonds is 4. The third-order valence-corrected chi connectivity index (χ3v) is 2.52. The molecule has 0 radical (unpaired) electrons. The minimum absolute atomic E-state index is 0.0268. The summed E-state index contributed by atoms with van der Waals surface area (Å²) in [4.78, 5) is 26.8. The van der Waals surface area contributed by atoms with E-state index in [1.165, 1.54) is 19.3 Å². The van der Waals surface area contributed by atoms with E-state index in [9.17, 15) is 9.59 Å². The van der Waals surface area contributed by atoms with Gasteiger partial charge in [-0.15, -0.1) is 0 Å². The monoisotopic (exact) mass is 278 g/mol. The molecule has 0 fully saturated rings. The molecule has 2 rings (SSSR count). The topological polar surface area (TPSA) is 72.2 Å². The lowest BCUT2D eigenvalue weighted by atomic mass is 10.2. The third-order valence-electron chi connectivity index (χ3n) is 2.29. The Morgan fingerprint density at radius 1 is 1.42 bits per heavy atom. The van der Waals surface area contributed by atoms with E-state index in [4.69, 9.17) is 16.0 Å². The van der Waals surface area contributed by atoms with Crippen LogP contribution in [-0.4, -0.2) is 16.7 Å². The lowest BCUT2D eigenvalue weighted by Gasteiger charge is -2.00. The highest BCUT2D eigenvalue weighted by atomic mass is 35.5. The Morgan fingerprint density at radius 3 is 2.89 bits per heavy atom. The van der Waals surface area contributed by atoms with Crippen molar-refractivity contribution in [1.82, 2.24) is 4.98 Å². The summed E-state index contributed by atoms with van der Waals surface area (Å²) in [6, 6.07) is 6.57. The lowest BCUT2D eigenvalue weighted by molar-refractivity contribution is -0.116. The maximum absolute atomic E-state index is 11.9. The summed E-state index contributed by atoms with van der Waals surface area (Å²) in [7, 11) is 0. The number of hydrogen-bond acceptors (Lipinski definition) is 4. The van der Waals surface area contributed by atoms with Gasteiger partial charge >= 0.3 is 6.01 Å². The molecule has 0 saturated carbocycles. The second-order valence-electron chi connectivity index (χ2n) is 3.99. The highest BCUT2D eigenvalue weighted by Gasteiger charge is 2.11. The second-order valence-corrected chi connectivity index (χ2v) is 4.42. The fraction of sp³-hybridized carbons (Fsp3) is 0.154. The number of nitrogens with one attached hydrogen (secondary N) is 1. The van der Waals surface area contributed by atoms with E-state index in [2.05, 4.69) is 10.3 Å². The zero-order valence-electron chi connectivity index (χ0n) is 10.1. The second kappa shape index (κ2) is 5.67. The molecular formula is C13H11ClN2O3. The molecule has 0 bridgehead atoms. The molecular weight excluding hydrogens is 268 g/mol. The smallest absolute Gasteiger partial charge is 0.301 e. The van der Waals surface area contributed by atoms with Crippen molar-refractivity contribution in [3.63, 3.8) is 0 Å². The largest absolute Gasteiger partial charge is 0.432 e. The quantitative estimate of drug-likeness (QED) is 0.933. The van der Waals surface area contributed by atoms with E-state index in [-0.39, 0.29) is 24.1 Å². The molecule has 0 atom stereocenters. The van der Waals surface area contributed by atoms with Gasteiger partial charge in [-0.1, -0.05) is 17.7 Å². The molecule has 0 spiro atoms. The molecule has 0 aliphatic carbocycles. The molecule has 1 aromatic carbocycles. The molecule has 0 saturated heterocycles. The molecule has 0 aliphatic rings. The van der Waals surface area contributed by atoms with Crippen LogP contribution in [0.25, 0.3) is 0 Å². The fourth-order valence-electron chi connectivity index (χ4n) is 1.50. The molecule has 5 nitrogen and oxygen atoms in total. The first-order valence-electron chi connectivity index (χ1n) is 5.55. The zero-order valence-corrected chi connectivity index (χ0v) is 10.9. The first-order chi connectivity index (χ1) is 9.04. The van der Waals surface area contributed by atoms with Crippen LogP contribution in [0, 0.1) is 0 Å². The van der Waals surface area contributed by atoms with Gasteiger partial charge in [0.05, 0.1) is 12.1 Å². The summed E-state index contributed by atoms with van der Waals surface area (Å²) in [5.74, 6) is -0.403. The van der Waals surface area contributed by atoms with Crippen molar-refractivity contribution in [2.45, 2.75) is 13.3 Å². The number of aromatic nitrogens is 1. The average Bonchev–Trinajstić information content (AvgIpc) is 2.75. The van der Waals surface area contributed by atoms with Gasteiger partial charge in [0, 0.05) is 10.6 Å². The number of hydrogen-bond donors (Lipinski definition) is 1. The van der Waals surface area contributed by atoms with Crippen LogP contribution in [0.4, 0.5) is 6.01 Å². The van der Waals surface area contributed by atoms with Crippen molar-refractivity contribution < 1.29 is 14.0 Å². The number of oxazole rings is 1. The Labute approximate surface area is 114 Å². The molecule has 1 heterocycles. The van der Waals surface area contributed by atoms with Crippen molar-refractivity contribution in [2.75, 3.05) is 5.32 Å². The number of Topliss-reactive ketones (excluding diaryl/α,β-unsaturated/α-hetero) is 1. The van der Waals surface area contributed by atoms with Gasteiger partial charge in [-0.3, -0.25) is 14.9 Å². The first-order valence-corrected chi connectivity index (χ1v) is 5.93. The van der Waals surface area contributed by atoms with Crippen LogP contribution in [0.15, 0.2) is 34.9 Å². The fourth-order valence-corrected chi connectivity index (χ4v) is 1.69. The molecule has 0 aliphatic heterocycles. The molecule has 19 heavy (non-hydrogen) atoms. The number of anilines is 1. The number of nitrogens with zero attached hydrogens (tertiary/aromatic N) is 1. The summed E-state index contributed by atoms with van der Waals surface area (Å²) in [6.07, 6.45) is 1.52. The van der Waals surface area contributed by atoms with Crippen LogP contribution >= 0.6 is 11.6 Å².